The molecule has 0 bridgehead atoms. The third-order valence-electron chi connectivity index (χ3n) is 3.62. The molecule has 1 unspecified atom stereocenters. The van der Waals surface area contributed by atoms with E-state index in [2.05, 4.69) is 4.72 Å². The van der Waals surface area contributed by atoms with Crippen molar-refractivity contribution in [2.45, 2.75) is 17.2 Å². The van der Waals surface area contributed by atoms with Crippen molar-refractivity contribution in [2.75, 3.05) is 13.2 Å². The molecule has 10 heteroatoms. The predicted molar refractivity (Wildman–Crippen MR) is 88.0 cm³/mol. The summed E-state index contributed by atoms with van der Waals surface area (Å²) in [6.45, 7) is -0.0609. The second-order valence-electron chi connectivity index (χ2n) is 5.49. The molecule has 0 saturated heterocycles. The molecule has 1 aliphatic heterocycles. The highest BCUT2D eigenvalue weighted by atomic mass is 35.5. The lowest BCUT2D eigenvalue weighted by Crippen LogP contribution is -2.40. The van der Waals surface area contributed by atoms with E-state index in [9.17, 15) is 21.6 Å². The third kappa shape index (κ3) is 4.05. The molecule has 0 radical (unpaired) electrons. The fourth-order valence-corrected chi connectivity index (χ4v) is 3.66. The Labute approximate surface area is 152 Å². The van der Waals surface area contributed by atoms with Crippen LogP contribution in [0, 0.1) is 0 Å². The van der Waals surface area contributed by atoms with Crippen molar-refractivity contribution in [3.63, 3.8) is 0 Å². The Morgan fingerprint density at radius 1 is 1.15 bits per heavy atom. The van der Waals surface area contributed by atoms with Gasteiger partial charge < -0.3 is 9.47 Å². The first kappa shape index (κ1) is 18.8. The Hall–Kier alpha value is -1.97. The molecule has 0 aliphatic carbocycles. The van der Waals surface area contributed by atoms with E-state index in [1.54, 1.807) is 24.3 Å². The molecule has 1 N–H and O–H groups in total. The van der Waals surface area contributed by atoms with E-state index >= 15 is 0 Å². The molecule has 1 heterocycles. The number of hydrogen-bond donors (Lipinski definition) is 1. The topological polar surface area (TPSA) is 64.6 Å². The number of ether oxygens (including phenoxy) is 2. The standard InChI is InChI=1S/C16H13ClF3NO4S/c17-13-6-5-11(7-12(13)16(18,19)20)26(22,23)21-8-10-9-24-14-3-1-2-4-15(14)25-10/h1-7,10,21H,8-9H2. The Bertz CT molecular complexity index is 918. The molecule has 5 nitrogen and oxygen atoms in total. The minimum absolute atomic E-state index is 0.105. The molecule has 26 heavy (non-hydrogen) atoms. The van der Waals surface area contributed by atoms with Crippen molar-refractivity contribution in [3.8, 4) is 11.5 Å². The zero-order valence-corrected chi connectivity index (χ0v) is 14.7. The summed E-state index contributed by atoms with van der Waals surface area (Å²) in [6.07, 6.45) is -5.37. The van der Waals surface area contributed by atoms with Gasteiger partial charge in [0.15, 0.2) is 11.5 Å². The van der Waals surface area contributed by atoms with Gasteiger partial charge >= 0.3 is 6.18 Å². The van der Waals surface area contributed by atoms with Crippen LogP contribution in [-0.2, 0) is 16.2 Å². The van der Waals surface area contributed by atoms with E-state index < -0.39 is 37.8 Å². The maximum Gasteiger partial charge on any atom is 0.417 e. The van der Waals surface area contributed by atoms with Crippen LogP contribution >= 0.6 is 11.6 Å². The molecule has 3 rings (SSSR count). The lowest BCUT2D eigenvalue weighted by molar-refractivity contribution is -0.137. The first-order valence-corrected chi connectivity index (χ1v) is 9.28. The number of benzene rings is 2. The van der Waals surface area contributed by atoms with Gasteiger partial charge in [-0.15, -0.1) is 0 Å². The molecule has 2 aromatic carbocycles. The molecule has 0 saturated carbocycles. The molecular formula is C16H13ClF3NO4S. The van der Waals surface area contributed by atoms with Crippen molar-refractivity contribution < 1.29 is 31.1 Å². The maximum absolute atomic E-state index is 12.9. The molecule has 2 aromatic rings. The number of hydrogen-bond acceptors (Lipinski definition) is 4. The molecule has 0 fully saturated rings. The van der Waals surface area contributed by atoms with Crippen molar-refractivity contribution >= 4 is 21.6 Å². The SMILES string of the molecule is O=S(=O)(NCC1COc2ccccc2O1)c1ccc(Cl)c(C(F)(F)F)c1. The van der Waals surface area contributed by atoms with E-state index in [0.717, 1.165) is 12.1 Å². The molecule has 1 aliphatic rings. The quantitative estimate of drug-likeness (QED) is 0.842. The van der Waals surface area contributed by atoms with E-state index in [1.807, 2.05) is 0 Å². The summed E-state index contributed by atoms with van der Waals surface area (Å²) >= 11 is 5.51. The third-order valence-corrected chi connectivity index (χ3v) is 5.37. The maximum atomic E-state index is 12.9. The largest absolute Gasteiger partial charge is 0.486 e. The summed E-state index contributed by atoms with van der Waals surface area (Å²) < 4.78 is 76.6. The van der Waals surface area contributed by atoms with E-state index in [-0.39, 0.29) is 13.2 Å². The van der Waals surface area contributed by atoms with Gasteiger partial charge in [-0.05, 0) is 30.3 Å². The number of halogens is 4. The van der Waals surface area contributed by atoms with Crippen LogP contribution in [0.15, 0.2) is 47.4 Å². The van der Waals surface area contributed by atoms with Gasteiger partial charge in [0, 0.05) is 0 Å². The van der Waals surface area contributed by atoms with Crippen LogP contribution in [0.1, 0.15) is 5.56 Å². The van der Waals surface area contributed by atoms with Gasteiger partial charge in [-0.25, -0.2) is 13.1 Å². The lowest BCUT2D eigenvalue weighted by Gasteiger charge is -2.26. The number of nitrogens with one attached hydrogen (secondary N) is 1. The molecule has 140 valence electrons. The molecule has 1 atom stereocenters. The van der Waals surface area contributed by atoms with Crippen LogP contribution in [-0.4, -0.2) is 27.7 Å². The average Bonchev–Trinajstić information content (AvgIpc) is 2.59. The minimum atomic E-state index is -4.76. The second kappa shape index (κ2) is 6.98. The Morgan fingerprint density at radius 2 is 1.85 bits per heavy atom. The van der Waals surface area contributed by atoms with Crippen molar-refractivity contribution in [3.05, 3.63) is 53.1 Å². The van der Waals surface area contributed by atoms with Crippen LogP contribution in [0.5, 0.6) is 11.5 Å². The van der Waals surface area contributed by atoms with Gasteiger partial charge in [0.25, 0.3) is 0 Å². The van der Waals surface area contributed by atoms with E-state index in [0.29, 0.717) is 17.6 Å². The van der Waals surface area contributed by atoms with Crippen LogP contribution in [0.2, 0.25) is 5.02 Å². The number of fused-ring (bicyclic) bond motifs is 1. The highest BCUT2D eigenvalue weighted by Crippen LogP contribution is 2.36. The Morgan fingerprint density at radius 3 is 2.54 bits per heavy atom. The van der Waals surface area contributed by atoms with Gasteiger partial charge in [-0.3, -0.25) is 0 Å². The molecular weight excluding hydrogens is 395 g/mol. The van der Waals surface area contributed by atoms with Gasteiger partial charge in [0.2, 0.25) is 10.0 Å². The summed E-state index contributed by atoms with van der Waals surface area (Å²) in [5.74, 6) is 1.01. The van der Waals surface area contributed by atoms with Crippen molar-refractivity contribution in [1.29, 1.82) is 0 Å². The Balaban J connectivity index is 1.72. The normalized spacial score (nSPS) is 17.2. The summed E-state index contributed by atoms with van der Waals surface area (Å²) in [5.41, 5.74) is -1.21. The highest BCUT2D eigenvalue weighted by Gasteiger charge is 2.34. The fraction of sp³-hybridized carbons (Fsp3) is 0.250. The summed E-state index contributed by atoms with van der Waals surface area (Å²) in [4.78, 5) is -0.536. The monoisotopic (exact) mass is 407 g/mol. The zero-order valence-electron chi connectivity index (χ0n) is 13.1. The summed E-state index contributed by atoms with van der Waals surface area (Å²) in [6, 6.07) is 9.29. The van der Waals surface area contributed by atoms with Gasteiger partial charge in [0.1, 0.15) is 12.7 Å². The molecule has 0 amide bonds. The van der Waals surface area contributed by atoms with Gasteiger partial charge in [-0.1, -0.05) is 23.7 Å². The van der Waals surface area contributed by atoms with E-state index in [4.69, 9.17) is 21.1 Å². The van der Waals surface area contributed by atoms with Crippen molar-refractivity contribution in [2.24, 2.45) is 0 Å². The van der Waals surface area contributed by atoms with E-state index in [1.165, 1.54) is 0 Å². The lowest BCUT2D eigenvalue weighted by atomic mass is 10.2. The summed E-state index contributed by atoms with van der Waals surface area (Å²) in [7, 11) is -4.18. The van der Waals surface area contributed by atoms with Gasteiger partial charge in [-0.2, -0.15) is 13.2 Å². The number of para-hydroxylation sites is 2. The second-order valence-corrected chi connectivity index (χ2v) is 7.66. The summed E-state index contributed by atoms with van der Waals surface area (Å²) in [5, 5.41) is -0.572. The van der Waals surface area contributed by atoms with Gasteiger partial charge in [0.05, 0.1) is 22.0 Å². The van der Waals surface area contributed by atoms with Crippen LogP contribution in [0.25, 0.3) is 0 Å². The minimum Gasteiger partial charge on any atom is -0.486 e. The first-order valence-electron chi connectivity index (χ1n) is 7.42. The van der Waals surface area contributed by atoms with Crippen LogP contribution < -0.4 is 14.2 Å². The number of rotatable bonds is 4. The highest BCUT2D eigenvalue weighted by molar-refractivity contribution is 7.89. The first-order chi connectivity index (χ1) is 12.2. The van der Waals surface area contributed by atoms with Crippen molar-refractivity contribution in [1.82, 2.24) is 4.72 Å². The molecule has 0 aromatic heterocycles. The van der Waals surface area contributed by atoms with Crippen LogP contribution in [0.4, 0.5) is 13.2 Å². The molecule has 0 spiro atoms. The zero-order chi connectivity index (χ0) is 18.9. The van der Waals surface area contributed by atoms with Crippen LogP contribution in [0.3, 0.4) is 0 Å². The number of alkyl halides is 3. The average molecular weight is 408 g/mol. The Kier molecular flexibility index (Phi) is 5.05. The predicted octanol–water partition coefficient (Wildman–Crippen LogP) is 3.48. The fourth-order valence-electron chi connectivity index (χ4n) is 2.34. The smallest absolute Gasteiger partial charge is 0.417 e. The number of sulfonamides is 1.